The molecule has 0 aliphatic heterocycles. The lowest BCUT2D eigenvalue weighted by Gasteiger charge is -1.98. The van der Waals surface area contributed by atoms with E-state index in [0.29, 0.717) is 0 Å². The van der Waals surface area contributed by atoms with Gasteiger partial charge in [0.15, 0.2) is 0 Å². The molecule has 0 saturated heterocycles. The zero-order chi connectivity index (χ0) is 7.66. The van der Waals surface area contributed by atoms with Crippen LogP contribution in [0.5, 0.6) is 0 Å². The summed E-state index contributed by atoms with van der Waals surface area (Å²) < 4.78 is 4.98. The molecule has 0 aliphatic carbocycles. The third-order valence-electron chi connectivity index (χ3n) is 1.48. The van der Waals surface area contributed by atoms with E-state index in [9.17, 15) is 0 Å². The van der Waals surface area contributed by atoms with Gasteiger partial charge in [0, 0.05) is 0 Å². The molecule has 0 bridgehead atoms. The molecule has 0 atom stereocenters. The van der Waals surface area contributed by atoms with Gasteiger partial charge in [-0.3, -0.25) is 0 Å². The molecule has 0 N–H and O–H groups in total. The Balaban J connectivity index is 2.70. The van der Waals surface area contributed by atoms with Crippen LogP contribution in [-0.2, 0) is 4.74 Å². The Morgan fingerprint density at radius 2 is 1.90 bits per heavy atom. The lowest BCUT2D eigenvalue weighted by molar-refractivity contribution is 0.242. The van der Waals surface area contributed by atoms with Crippen LogP contribution in [0.4, 0.5) is 0 Å². The van der Waals surface area contributed by atoms with Crippen LogP contribution >= 0.6 is 0 Å². The Morgan fingerprint density at radius 1 is 1.20 bits per heavy atom. The SMILES string of the molecule is C=COCCCCCCC. The van der Waals surface area contributed by atoms with Crippen LogP contribution in [0.2, 0.25) is 0 Å². The van der Waals surface area contributed by atoms with E-state index in [4.69, 9.17) is 4.74 Å². The minimum absolute atomic E-state index is 0.840. The molecule has 10 heavy (non-hydrogen) atoms. The average molecular weight is 142 g/mol. The van der Waals surface area contributed by atoms with Gasteiger partial charge in [-0.1, -0.05) is 39.2 Å². The lowest BCUT2D eigenvalue weighted by Crippen LogP contribution is -1.86. The van der Waals surface area contributed by atoms with E-state index >= 15 is 0 Å². The molecule has 0 heterocycles. The number of hydrogen-bond donors (Lipinski definition) is 0. The van der Waals surface area contributed by atoms with E-state index in [2.05, 4.69) is 13.5 Å². The van der Waals surface area contributed by atoms with Crippen molar-refractivity contribution in [3.05, 3.63) is 12.8 Å². The summed E-state index contributed by atoms with van der Waals surface area (Å²) in [7, 11) is 0. The molecule has 0 aromatic heterocycles. The molecule has 0 aliphatic rings. The second-order valence-corrected chi connectivity index (χ2v) is 2.45. The predicted octanol–water partition coefficient (Wildman–Crippen LogP) is 3.12. The number of unbranched alkanes of at least 4 members (excludes halogenated alkanes) is 4. The second kappa shape index (κ2) is 8.54. The zero-order valence-corrected chi connectivity index (χ0v) is 6.94. The molecule has 0 amide bonds. The van der Waals surface area contributed by atoms with E-state index < -0.39 is 0 Å². The van der Waals surface area contributed by atoms with Crippen molar-refractivity contribution in [1.29, 1.82) is 0 Å². The first-order chi connectivity index (χ1) is 4.91. The van der Waals surface area contributed by atoms with E-state index in [1.54, 1.807) is 0 Å². The summed E-state index contributed by atoms with van der Waals surface area (Å²) in [5.74, 6) is 0. The van der Waals surface area contributed by atoms with Crippen molar-refractivity contribution in [1.82, 2.24) is 0 Å². The number of hydrogen-bond acceptors (Lipinski definition) is 1. The molecular formula is C9H18O. The summed E-state index contributed by atoms with van der Waals surface area (Å²) in [4.78, 5) is 0. The van der Waals surface area contributed by atoms with Gasteiger partial charge in [-0.05, 0) is 6.42 Å². The first-order valence-corrected chi connectivity index (χ1v) is 4.14. The average Bonchev–Trinajstić information content (AvgIpc) is 1.97. The fraction of sp³-hybridized carbons (Fsp3) is 0.778. The Labute approximate surface area is 64.1 Å². The topological polar surface area (TPSA) is 9.23 Å². The van der Waals surface area contributed by atoms with Crippen LogP contribution in [0.3, 0.4) is 0 Å². The summed E-state index contributed by atoms with van der Waals surface area (Å²) in [6, 6.07) is 0. The van der Waals surface area contributed by atoms with Crippen molar-refractivity contribution in [2.75, 3.05) is 6.61 Å². The molecular weight excluding hydrogens is 124 g/mol. The van der Waals surface area contributed by atoms with E-state index in [1.165, 1.54) is 38.4 Å². The normalized spacial score (nSPS) is 9.30. The first-order valence-electron chi connectivity index (χ1n) is 4.14. The van der Waals surface area contributed by atoms with Crippen molar-refractivity contribution in [3.8, 4) is 0 Å². The zero-order valence-electron chi connectivity index (χ0n) is 6.94. The summed E-state index contributed by atoms with van der Waals surface area (Å²) >= 11 is 0. The van der Waals surface area contributed by atoms with Crippen LogP contribution in [0.15, 0.2) is 12.8 Å². The Kier molecular flexibility index (Phi) is 8.15. The quantitative estimate of drug-likeness (QED) is 0.392. The van der Waals surface area contributed by atoms with Gasteiger partial charge in [-0.25, -0.2) is 0 Å². The largest absolute Gasteiger partial charge is 0.502 e. The monoisotopic (exact) mass is 142 g/mol. The molecule has 1 heteroatoms. The number of ether oxygens (including phenoxy) is 1. The smallest absolute Gasteiger partial charge is 0.0873 e. The Morgan fingerprint density at radius 3 is 2.50 bits per heavy atom. The van der Waals surface area contributed by atoms with Gasteiger partial charge in [0.25, 0.3) is 0 Å². The fourth-order valence-corrected chi connectivity index (χ4v) is 0.872. The molecule has 0 fully saturated rings. The molecule has 0 unspecified atom stereocenters. The van der Waals surface area contributed by atoms with Crippen LogP contribution in [0.25, 0.3) is 0 Å². The van der Waals surface area contributed by atoms with Crippen molar-refractivity contribution >= 4 is 0 Å². The van der Waals surface area contributed by atoms with Gasteiger partial charge in [-0.15, -0.1) is 0 Å². The summed E-state index contributed by atoms with van der Waals surface area (Å²) in [5, 5.41) is 0. The van der Waals surface area contributed by atoms with Crippen molar-refractivity contribution in [3.63, 3.8) is 0 Å². The van der Waals surface area contributed by atoms with Crippen LogP contribution in [-0.4, -0.2) is 6.61 Å². The molecule has 0 aromatic carbocycles. The van der Waals surface area contributed by atoms with Gasteiger partial charge >= 0.3 is 0 Å². The molecule has 0 rings (SSSR count). The van der Waals surface area contributed by atoms with Gasteiger partial charge in [0.05, 0.1) is 12.9 Å². The van der Waals surface area contributed by atoms with Crippen molar-refractivity contribution in [2.45, 2.75) is 39.0 Å². The van der Waals surface area contributed by atoms with Crippen LogP contribution < -0.4 is 0 Å². The maximum Gasteiger partial charge on any atom is 0.0873 e. The number of rotatable bonds is 7. The highest BCUT2D eigenvalue weighted by atomic mass is 16.5. The predicted molar refractivity (Wildman–Crippen MR) is 44.9 cm³/mol. The second-order valence-electron chi connectivity index (χ2n) is 2.45. The van der Waals surface area contributed by atoms with Crippen LogP contribution in [0, 0.1) is 0 Å². The first kappa shape index (κ1) is 9.54. The summed E-state index contributed by atoms with van der Waals surface area (Å²) in [6.07, 6.45) is 7.99. The Hall–Kier alpha value is -0.460. The van der Waals surface area contributed by atoms with E-state index in [-0.39, 0.29) is 0 Å². The summed E-state index contributed by atoms with van der Waals surface area (Å²) in [5.41, 5.74) is 0. The minimum atomic E-state index is 0.840. The minimum Gasteiger partial charge on any atom is -0.502 e. The molecule has 0 spiro atoms. The van der Waals surface area contributed by atoms with Crippen LogP contribution in [0.1, 0.15) is 39.0 Å². The fourth-order valence-electron chi connectivity index (χ4n) is 0.872. The van der Waals surface area contributed by atoms with Gasteiger partial charge < -0.3 is 4.74 Å². The van der Waals surface area contributed by atoms with Crippen molar-refractivity contribution in [2.24, 2.45) is 0 Å². The highest BCUT2D eigenvalue weighted by Crippen LogP contribution is 2.01. The Bertz CT molecular complexity index is 69.1. The van der Waals surface area contributed by atoms with E-state index in [0.717, 1.165) is 6.61 Å². The molecule has 1 nitrogen and oxygen atoms in total. The maximum atomic E-state index is 4.98. The molecule has 60 valence electrons. The third-order valence-corrected chi connectivity index (χ3v) is 1.48. The van der Waals surface area contributed by atoms with Crippen molar-refractivity contribution < 1.29 is 4.74 Å². The van der Waals surface area contributed by atoms with Gasteiger partial charge in [0.2, 0.25) is 0 Å². The third kappa shape index (κ3) is 7.54. The summed E-state index contributed by atoms with van der Waals surface area (Å²) in [6.45, 7) is 6.54. The van der Waals surface area contributed by atoms with E-state index in [1.807, 2.05) is 0 Å². The lowest BCUT2D eigenvalue weighted by atomic mass is 10.2. The highest BCUT2D eigenvalue weighted by molar-refractivity contribution is 4.49. The molecule has 0 radical (unpaired) electrons. The molecule has 0 saturated carbocycles. The highest BCUT2D eigenvalue weighted by Gasteiger charge is 1.86. The van der Waals surface area contributed by atoms with Gasteiger partial charge in [-0.2, -0.15) is 0 Å². The van der Waals surface area contributed by atoms with Gasteiger partial charge in [0.1, 0.15) is 0 Å². The standard InChI is InChI=1S/C9H18O/c1-3-5-6-7-8-9-10-4-2/h4H,2-3,5-9H2,1H3. The maximum absolute atomic E-state index is 4.98. The molecule has 0 aromatic rings.